The third kappa shape index (κ3) is 8.04. The Bertz CT molecular complexity index is 812. The van der Waals surface area contributed by atoms with Gasteiger partial charge in [0.05, 0.1) is 0 Å². The number of hydrogen-bond donors (Lipinski definition) is 2. The van der Waals surface area contributed by atoms with Gasteiger partial charge in [0, 0.05) is 61.2 Å². The lowest BCUT2D eigenvalue weighted by atomic mass is 9.72. The number of carbonyl (C=O) groups excluding carboxylic acids is 2. The van der Waals surface area contributed by atoms with E-state index in [0.29, 0.717) is 11.8 Å². The molecule has 4 spiro atoms. The number of piperazine rings is 2. The highest BCUT2D eigenvalue weighted by molar-refractivity contribution is 5.77. The Morgan fingerprint density at radius 2 is 0.636 bits per heavy atom. The number of nitrogens with one attached hydrogen (secondary N) is 2. The summed E-state index contributed by atoms with van der Waals surface area (Å²) in [7, 11) is 0. The molecule has 0 radical (unpaired) electrons. The summed E-state index contributed by atoms with van der Waals surface area (Å²) < 4.78 is 0. The first-order valence-corrected chi connectivity index (χ1v) is 19.6. The van der Waals surface area contributed by atoms with E-state index in [0.717, 1.165) is 64.7 Å². The minimum Gasteiger partial charge on any atom is -0.339 e. The number of rotatable bonds is 9. The normalized spacial score (nSPS) is 27.6. The quantitative estimate of drug-likeness (QED) is 0.262. The third-order valence-corrected chi connectivity index (χ3v) is 13.0. The molecule has 44 heavy (non-hydrogen) atoms. The fraction of sp³-hybridized carbons (Fsp3) is 0.947. The first-order valence-electron chi connectivity index (χ1n) is 19.6. The second kappa shape index (κ2) is 14.7. The maximum atomic E-state index is 13.5. The van der Waals surface area contributed by atoms with Crippen LogP contribution in [0.4, 0.5) is 0 Å². The molecule has 6 heteroatoms. The Balaban J connectivity index is 0.896. The van der Waals surface area contributed by atoms with Crippen LogP contribution in [0.2, 0.25) is 0 Å². The van der Waals surface area contributed by atoms with Crippen LogP contribution >= 0.6 is 0 Å². The molecule has 2 heterocycles. The zero-order valence-corrected chi connectivity index (χ0v) is 28.3. The second-order valence-electron chi connectivity index (χ2n) is 16.7. The SMILES string of the molecule is O=C(CCCCCCCCC(=O)N1CC2(CCCCC2)NC2(CCCCC2)C1)N1CC2(CCCCC2)NC2(CCCCC2)C1. The van der Waals surface area contributed by atoms with Crippen molar-refractivity contribution in [2.24, 2.45) is 0 Å². The van der Waals surface area contributed by atoms with E-state index in [4.69, 9.17) is 0 Å². The molecule has 2 saturated heterocycles. The van der Waals surface area contributed by atoms with Crippen molar-refractivity contribution >= 4 is 11.8 Å². The number of amides is 2. The van der Waals surface area contributed by atoms with Gasteiger partial charge in [0.1, 0.15) is 0 Å². The third-order valence-electron chi connectivity index (χ3n) is 13.0. The highest BCUT2D eigenvalue weighted by atomic mass is 16.2. The van der Waals surface area contributed by atoms with Crippen LogP contribution in [0.15, 0.2) is 0 Å². The predicted molar refractivity (Wildman–Crippen MR) is 180 cm³/mol. The number of unbranched alkanes of at least 4 members (excludes halogenated alkanes) is 5. The molecule has 0 aromatic rings. The molecule has 4 saturated carbocycles. The summed E-state index contributed by atoms with van der Waals surface area (Å²) in [5.41, 5.74) is 0.721. The van der Waals surface area contributed by atoms with Gasteiger partial charge in [-0.15, -0.1) is 0 Å². The molecule has 250 valence electrons. The molecule has 6 rings (SSSR count). The van der Waals surface area contributed by atoms with Crippen LogP contribution in [0.25, 0.3) is 0 Å². The van der Waals surface area contributed by atoms with E-state index in [-0.39, 0.29) is 22.2 Å². The molecule has 0 atom stereocenters. The maximum Gasteiger partial charge on any atom is 0.222 e. The minimum atomic E-state index is 0.180. The van der Waals surface area contributed by atoms with Gasteiger partial charge in [-0.3, -0.25) is 9.59 Å². The highest BCUT2D eigenvalue weighted by Gasteiger charge is 2.49. The van der Waals surface area contributed by atoms with Gasteiger partial charge < -0.3 is 20.4 Å². The number of nitrogens with zero attached hydrogens (tertiary/aromatic N) is 2. The fourth-order valence-corrected chi connectivity index (χ4v) is 10.8. The Kier molecular flexibility index (Phi) is 11.0. The van der Waals surface area contributed by atoms with Gasteiger partial charge >= 0.3 is 0 Å². The van der Waals surface area contributed by atoms with Crippen molar-refractivity contribution in [3.05, 3.63) is 0 Å². The van der Waals surface area contributed by atoms with Crippen LogP contribution in [0.3, 0.4) is 0 Å². The fourth-order valence-electron chi connectivity index (χ4n) is 10.8. The molecule has 6 nitrogen and oxygen atoms in total. The van der Waals surface area contributed by atoms with Crippen molar-refractivity contribution in [1.82, 2.24) is 20.4 Å². The molecular weight excluding hydrogens is 544 g/mol. The van der Waals surface area contributed by atoms with Gasteiger partial charge in [-0.25, -0.2) is 0 Å². The van der Waals surface area contributed by atoms with Crippen LogP contribution in [-0.2, 0) is 9.59 Å². The summed E-state index contributed by atoms with van der Waals surface area (Å²) in [5, 5.41) is 8.40. The van der Waals surface area contributed by atoms with Crippen LogP contribution in [0.1, 0.15) is 180 Å². The summed E-state index contributed by atoms with van der Waals surface area (Å²) >= 11 is 0. The molecule has 2 aliphatic heterocycles. The van der Waals surface area contributed by atoms with Gasteiger partial charge in [0.25, 0.3) is 0 Å². The Hall–Kier alpha value is -1.14. The molecule has 4 aliphatic carbocycles. The summed E-state index contributed by atoms with van der Waals surface area (Å²) in [6.07, 6.45) is 34.1. The maximum absolute atomic E-state index is 13.5. The van der Waals surface area contributed by atoms with E-state index in [2.05, 4.69) is 20.4 Å². The van der Waals surface area contributed by atoms with E-state index in [1.54, 1.807) is 0 Å². The van der Waals surface area contributed by atoms with Crippen LogP contribution in [0, 0.1) is 0 Å². The topological polar surface area (TPSA) is 64.7 Å². The first-order chi connectivity index (χ1) is 21.4. The van der Waals surface area contributed by atoms with Gasteiger partial charge in [0.2, 0.25) is 11.8 Å². The Morgan fingerprint density at radius 3 is 0.909 bits per heavy atom. The van der Waals surface area contributed by atoms with Crippen molar-refractivity contribution in [3.8, 4) is 0 Å². The predicted octanol–water partition coefficient (Wildman–Crippen LogP) is 7.78. The zero-order valence-electron chi connectivity index (χ0n) is 28.3. The average molecular weight is 611 g/mol. The highest BCUT2D eigenvalue weighted by Crippen LogP contribution is 2.41. The Morgan fingerprint density at radius 1 is 0.386 bits per heavy atom. The van der Waals surface area contributed by atoms with Gasteiger partial charge in [-0.05, 0) is 64.2 Å². The summed E-state index contributed by atoms with van der Waals surface area (Å²) in [6, 6.07) is 0. The molecule has 0 aromatic heterocycles. The van der Waals surface area contributed by atoms with Crippen LogP contribution in [0.5, 0.6) is 0 Å². The lowest BCUT2D eigenvalue weighted by Crippen LogP contribution is -2.72. The monoisotopic (exact) mass is 611 g/mol. The van der Waals surface area contributed by atoms with E-state index >= 15 is 0 Å². The number of carbonyl (C=O) groups is 2. The number of hydrogen-bond acceptors (Lipinski definition) is 4. The van der Waals surface area contributed by atoms with Crippen LogP contribution in [-0.4, -0.2) is 69.9 Å². The second-order valence-corrected chi connectivity index (χ2v) is 16.7. The molecule has 6 fully saturated rings. The average Bonchev–Trinajstić information content (AvgIpc) is 3.03. The smallest absolute Gasteiger partial charge is 0.222 e. The zero-order chi connectivity index (χ0) is 30.4. The summed E-state index contributed by atoms with van der Waals surface area (Å²) in [4.78, 5) is 31.6. The molecule has 6 aliphatic rings. The summed E-state index contributed by atoms with van der Waals surface area (Å²) in [5.74, 6) is 0.823. The van der Waals surface area contributed by atoms with E-state index < -0.39 is 0 Å². The van der Waals surface area contributed by atoms with Crippen LogP contribution < -0.4 is 10.6 Å². The van der Waals surface area contributed by atoms with E-state index in [1.165, 1.54) is 141 Å². The molecule has 0 unspecified atom stereocenters. The Labute approximate surface area is 269 Å². The molecule has 0 bridgehead atoms. The minimum absolute atomic E-state index is 0.180. The first kappa shape index (κ1) is 32.8. The standard InChI is InChI=1S/C38H66N4O2/c43-33(41-29-35(21-11-5-12-22-35)39-36(30-41)23-13-6-14-24-36)19-9-3-1-2-4-10-20-34(44)42-31-37(25-15-7-16-26-37)40-38(32-42)27-17-8-18-28-38/h39-40H,1-32H2. The molecular formula is C38H66N4O2. The molecule has 0 aromatic carbocycles. The molecule has 2 N–H and O–H groups in total. The lowest BCUT2D eigenvalue weighted by molar-refractivity contribution is -0.138. The van der Waals surface area contributed by atoms with Crippen molar-refractivity contribution in [2.45, 2.75) is 202 Å². The largest absolute Gasteiger partial charge is 0.339 e. The van der Waals surface area contributed by atoms with Crippen molar-refractivity contribution in [3.63, 3.8) is 0 Å². The lowest BCUT2D eigenvalue weighted by Gasteiger charge is -2.56. The van der Waals surface area contributed by atoms with Crippen molar-refractivity contribution in [1.29, 1.82) is 0 Å². The van der Waals surface area contributed by atoms with Crippen molar-refractivity contribution in [2.75, 3.05) is 26.2 Å². The van der Waals surface area contributed by atoms with Gasteiger partial charge in [0.15, 0.2) is 0 Å². The molecule has 2 amide bonds. The van der Waals surface area contributed by atoms with Gasteiger partial charge in [-0.2, -0.15) is 0 Å². The summed E-state index contributed by atoms with van der Waals surface area (Å²) in [6.45, 7) is 3.77. The van der Waals surface area contributed by atoms with E-state index in [1.807, 2.05) is 0 Å². The van der Waals surface area contributed by atoms with E-state index in [9.17, 15) is 9.59 Å². The van der Waals surface area contributed by atoms with Gasteiger partial charge in [-0.1, -0.05) is 103 Å². The van der Waals surface area contributed by atoms with Crippen molar-refractivity contribution < 1.29 is 9.59 Å².